The molecule has 13 heavy (non-hydrogen) atoms. The molecule has 0 saturated carbocycles. The van der Waals surface area contributed by atoms with Gasteiger partial charge in [0, 0.05) is 6.54 Å². The molecule has 2 heteroatoms. The maximum absolute atomic E-state index is 12.6. The van der Waals surface area contributed by atoms with Gasteiger partial charge in [0.25, 0.3) is 0 Å². The molecule has 0 unspecified atom stereocenters. The average Bonchev–Trinajstić information content (AvgIpc) is 2.20. The lowest BCUT2D eigenvalue weighted by Crippen LogP contribution is -2.11. The third-order valence-electron chi connectivity index (χ3n) is 2.02. The third-order valence-corrected chi connectivity index (χ3v) is 2.02. The fraction of sp³-hybridized carbons (Fsp3) is 0.0909. The number of hydrogen-bond acceptors (Lipinski definition) is 1. The Hall–Kier alpha value is -1.57. The first-order valence-corrected chi connectivity index (χ1v) is 4.21. The van der Waals surface area contributed by atoms with Crippen molar-refractivity contribution in [3.8, 4) is 0 Å². The van der Waals surface area contributed by atoms with Crippen molar-refractivity contribution >= 4 is 5.57 Å². The van der Waals surface area contributed by atoms with Crippen LogP contribution in [0.15, 0.2) is 42.6 Å². The van der Waals surface area contributed by atoms with Gasteiger partial charge in [-0.3, -0.25) is 0 Å². The lowest BCUT2D eigenvalue weighted by atomic mass is 10.0. The van der Waals surface area contributed by atoms with E-state index in [2.05, 4.69) is 5.32 Å². The van der Waals surface area contributed by atoms with Crippen molar-refractivity contribution in [1.82, 2.24) is 5.32 Å². The van der Waals surface area contributed by atoms with E-state index in [4.69, 9.17) is 0 Å². The van der Waals surface area contributed by atoms with Crippen molar-refractivity contribution in [3.63, 3.8) is 0 Å². The molecular weight excluding hydrogens is 165 g/mol. The summed E-state index contributed by atoms with van der Waals surface area (Å²) >= 11 is 0. The lowest BCUT2D eigenvalue weighted by molar-refractivity contribution is 0.627. The smallest absolute Gasteiger partial charge is 0.123 e. The Bertz CT molecular complexity index is 349. The van der Waals surface area contributed by atoms with Gasteiger partial charge in [0.2, 0.25) is 0 Å². The van der Waals surface area contributed by atoms with E-state index in [9.17, 15) is 4.39 Å². The average molecular weight is 175 g/mol. The molecule has 0 radical (unpaired) electrons. The molecule has 1 aliphatic heterocycles. The molecule has 1 nitrogen and oxygen atoms in total. The Kier molecular flexibility index (Phi) is 2.13. The molecule has 0 aliphatic carbocycles. The molecule has 1 aliphatic rings. The molecule has 0 saturated heterocycles. The highest BCUT2D eigenvalue weighted by Crippen LogP contribution is 2.15. The van der Waals surface area contributed by atoms with Crippen LogP contribution < -0.4 is 5.32 Å². The van der Waals surface area contributed by atoms with Crippen LogP contribution in [-0.2, 0) is 0 Å². The van der Waals surface area contributed by atoms with Crippen molar-refractivity contribution in [2.45, 2.75) is 0 Å². The van der Waals surface area contributed by atoms with Crippen molar-refractivity contribution in [3.05, 3.63) is 54.0 Å². The Morgan fingerprint density at radius 2 is 1.92 bits per heavy atom. The zero-order chi connectivity index (χ0) is 9.10. The van der Waals surface area contributed by atoms with Crippen molar-refractivity contribution in [2.24, 2.45) is 0 Å². The fourth-order valence-corrected chi connectivity index (χ4v) is 1.32. The lowest BCUT2D eigenvalue weighted by Gasteiger charge is -2.10. The number of rotatable bonds is 1. The standard InChI is InChI=1S/C11H10FN/c12-11-5-3-9(4-6-11)10-2-1-7-13-8-10/h1-7,13H,8H2. The number of nitrogens with one attached hydrogen (secondary N) is 1. The minimum atomic E-state index is -0.191. The summed E-state index contributed by atoms with van der Waals surface area (Å²) in [6.07, 6.45) is 5.87. The molecule has 1 aromatic carbocycles. The van der Waals surface area contributed by atoms with E-state index < -0.39 is 0 Å². The second-order valence-corrected chi connectivity index (χ2v) is 2.94. The monoisotopic (exact) mass is 175 g/mol. The van der Waals surface area contributed by atoms with Crippen LogP contribution in [0, 0.1) is 5.82 Å². The van der Waals surface area contributed by atoms with Crippen LogP contribution in [0.2, 0.25) is 0 Å². The number of hydrogen-bond donors (Lipinski definition) is 1. The van der Waals surface area contributed by atoms with Crippen LogP contribution >= 0.6 is 0 Å². The zero-order valence-electron chi connectivity index (χ0n) is 7.13. The van der Waals surface area contributed by atoms with Gasteiger partial charge in [0.1, 0.15) is 5.82 Å². The molecule has 66 valence electrons. The molecule has 0 fully saturated rings. The van der Waals surface area contributed by atoms with E-state index in [0.29, 0.717) is 0 Å². The summed E-state index contributed by atoms with van der Waals surface area (Å²) in [7, 11) is 0. The second-order valence-electron chi connectivity index (χ2n) is 2.94. The Labute approximate surface area is 76.6 Å². The highest BCUT2D eigenvalue weighted by atomic mass is 19.1. The first-order chi connectivity index (χ1) is 6.36. The molecule has 0 aromatic heterocycles. The van der Waals surface area contributed by atoms with Gasteiger partial charge in [-0.1, -0.05) is 18.2 Å². The van der Waals surface area contributed by atoms with Gasteiger partial charge in [-0.15, -0.1) is 0 Å². The predicted molar refractivity (Wildman–Crippen MR) is 51.5 cm³/mol. The number of dihydropyridines is 1. The maximum atomic E-state index is 12.6. The van der Waals surface area contributed by atoms with Crippen molar-refractivity contribution < 1.29 is 4.39 Å². The summed E-state index contributed by atoms with van der Waals surface area (Å²) in [5, 5.41) is 3.11. The summed E-state index contributed by atoms with van der Waals surface area (Å²) in [5.41, 5.74) is 2.25. The summed E-state index contributed by atoms with van der Waals surface area (Å²) in [6.45, 7) is 0.808. The van der Waals surface area contributed by atoms with Gasteiger partial charge < -0.3 is 5.32 Å². The highest BCUT2D eigenvalue weighted by Gasteiger charge is 2.01. The van der Waals surface area contributed by atoms with E-state index in [1.807, 2.05) is 18.4 Å². The second kappa shape index (κ2) is 3.44. The van der Waals surface area contributed by atoms with Gasteiger partial charge in [0.05, 0.1) is 0 Å². The van der Waals surface area contributed by atoms with Crippen LogP contribution in [0.1, 0.15) is 5.56 Å². The van der Waals surface area contributed by atoms with Crippen LogP contribution in [0.3, 0.4) is 0 Å². The molecule has 2 rings (SSSR count). The van der Waals surface area contributed by atoms with Crippen molar-refractivity contribution in [2.75, 3.05) is 6.54 Å². The molecule has 1 N–H and O–H groups in total. The maximum Gasteiger partial charge on any atom is 0.123 e. The van der Waals surface area contributed by atoms with Crippen LogP contribution in [0.25, 0.3) is 5.57 Å². The largest absolute Gasteiger partial charge is 0.387 e. The van der Waals surface area contributed by atoms with Gasteiger partial charge in [0.15, 0.2) is 0 Å². The number of allylic oxidation sites excluding steroid dienone is 2. The van der Waals surface area contributed by atoms with Crippen LogP contribution in [0.4, 0.5) is 4.39 Å². The zero-order valence-corrected chi connectivity index (χ0v) is 7.13. The van der Waals surface area contributed by atoms with E-state index in [1.165, 1.54) is 17.7 Å². The molecule has 0 amide bonds. The Morgan fingerprint density at radius 3 is 2.54 bits per heavy atom. The molecule has 1 heterocycles. The first kappa shape index (κ1) is 8.05. The van der Waals surface area contributed by atoms with Crippen LogP contribution in [-0.4, -0.2) is 6.54 Å². The van der Waals surface area contributed by atoms with Gasteiger partial charge in [-0.2, -0.15) is 0 Å². The van der Waals surface area contributed by atoms with Crippen molar-refractivity contribution in [1.29, 1.82) is 0 Å². The SMILES string of the molecule is Fc1ccc(C2=CC=CNC2)cc1. The summed E-state index contributed by atoms with van der Waals surface area (Å²) < 4.78 is 12.6. The topological polar surface area (TPSA) is 12.0 Å². The van der Waals surface area contributed by atoms with E-state index in [0.717, 1.165) is 12.1 Å². The summed E-state index contributed by atoms with van der Waals surface area (Å²) in [5.74, 6) is -0.191. The van der Waals surface area contributed by atoms with Crippen LogP contribution in [0.5, 0.6) is 0 Å². The number of halogens is 1. The minimum Gasteiger partial charge on any atom is -0.387 e. The van der Waals surface area contributed by atoms with Gasteiger partial charge in [-0.25, -0.2) is 4.39 Å². The predicted octanol–water partition coefficient (Wildman–Crippen LogP) is 2.33. The molecule has 0 spiro atoms. The Balaban J connectivity index is 2.30. The quantitative estimate of drug-likeness (QED) is 0.690. The van der Waals surface area contributed by atoms with E-state index in [1.54, 1.807) is 12.1 Å². The van der Waals surface area contributed by atoms with E-state index >= 15 is 0 Å². The molecule has 0 bridgehead atoms. The molecule has 1 aromatic rings. The molecular formula is C11H10FN. The first-order valence-electron chi connectivity index (χ1n) is 4.21. The normalized spacial score (nSPS) is 15.0. The summed E-state index contributed by atoms with van der Waals surface area (Å²) in [6, 6.07) is 6.55. The minimum absolute atomic E-state index is 0.191. The fourth-order valence-electron chi connectivity index (χ4n) is 1.32. The summed E-state index contributed by atoms with van der Waals surface area (Å²) in [4.78, 5) is 0. The van der Waals surface area contributed by atoms with Gasteiger partial charge >= 0.3 is 0 Å². The van der Waals surface area contributed by atoms with Gasteiger partial charge in [-0.05, 0) is 35.5 Å². The molecule has 0 atom stereocenters. The van der Waals surface area contributed by atoms with E-state index in [-0.39, 0.29) is 5.82 Å². The Morgan fingerprint density at radius 1 is 1.15 bits per heavy atom. The third kappa shape index (κ3) is 1.78. The highest BCUT2D eigenvalue weighted by molar-refractivity contribution is 5.69. The number of benzene rings is 1.